The molecule has 1 aromatic heterocycles. The second-order valence-electron chi connectivity index (χ2n) is 4.15. The lowest BCUT2D eigenvalue weighted by molar-refractivity contribution is 0.316. The quantitative estimate of drug-likeness (QED) is 0.246. The standard InChI is InChI=1S/C13H17N3OS/c14-13(16-17)3-1-2-7-15-11-4-5-12-10(9-11)6-8-18-12/h4-6,8-9,15,17H,1-3,7H2,(H2,14,16). The van der Waals surface area contributed by atoms with E-state index >= 15 is 0 Å². The summed E-state index contributed by atoms with van der Waals surface area (Å²) in [4.78, 5) is 0. The zero-order valence-electron chi connectivity index (χ0n) is 10.1. The van der Waals surface area contributed by atoms with Gasteiger partial charge in [0.2, 0.25) is 0 Å². The van der Waals surface area contributed by atoms with Gasteiger partial charge in [0.1, 0.15) is 5.84 Å². The zero-order chi connectivity index (χ0) is 12.8. The Balaban J connectivity index is 1.76. The predicted molar refractivity (Wildman–Crippen MR) is 77.6 cm³/mol. The van der Waals surface area contributed by atoms with E-state index in [9.17, 15) is 0 Å². The number of oxime groups is 1. The summed E-state index contributed by atoms with van der Waals surface area (Å²) in [6.07, 6.45) is 2.56. The molecule has 2 aromatic rings. The first-order valence-electron chi connectivity index (χ1n) is 5.97. The van der Waals surface area contributed by atoms with Gasteiger partial charge < -0.3 is 16.3 Å². The van der Waals surface area contributed by atoms with Crippen molar-refractivity contribution in [3.05, 3.63) is 29.6 Å². The highest BCUT2D eigenvalue weighted by Crippen LogP contribution is 2.23. The molecule has 96 valence electrons. The maximum Gasteiger partial charge on any atom is 0.139 e. The van der Waals surface area contributed by atoms with Gasteiger partial charge in [-0.3, -0.25) is 0 Å². The van der Waals surface area contributed by atoms with E-state index < -0.39 is 0 Å². The van der Waals surface area contributed by atoms with Gasteiger partial charge in [-0.2, -0.15) is 0 Å². The smallest absolute Gasteiger partial charge is 0.139 e. The van der Waals surface area contributed by atoms with E-state index in [0.717, 1.165) is 25.1 Å². The number of thiophene rings is 1. The van der Waals surface area contributed by atoms with Crippen molar-refractivity contribution in [2.24, 2.45) is 10.9 Å². The molecule has 0 radical (unpaired) electrons. The molecule has 0 saturated carbocycles. The zero-order valence-corrected chi connectivity index (χ0v) is 10.9. The third-order valence-corrected chi connectivity index (χ3v) is 3.67. The summed E-state index contributed by atoms with van der Waals surface area (Å²) >= 11 is 1.76. The number of anilines is 1. The lowest BCUT2D eigenvalue weighted by Crippen LogP contribution is -2.11. The number of hydrogen-bond donors (Lipinski definition) is 3. The molecule has 0 unspecified atom stereocenters. The Kier molecular flexibility index (Phi) is 4.41. The summed E-state index contributed by atoms with van der Waals surface area (Å²) in [6, 6.07) is 8.53. The molecule has 1 aromatic carbocycles. The Morgan fingerprint density at radius 2 is 2.22 bits per heavy atom. The van der Waals surface area contributed by atoms with Gasteiger partial charge in [-0.05, 0) is 47.9 Å². The van der Waals surface area contributed by atoms with Gasteiger partial charge in [0, 0.05) is 23.4 Å². The van der Waals surface area contributed by atoms with Crippen LogP contribution in [-0.2, 0) is 0 Å². The number of rotatable bonds is 6. The third kappa shape index (κ3) is 3.37. The van der Waals surface area contributed by atoms with Crippen molar-refractivity contribution in [3.8, 4) is 0 Å². The fourth-order valence-electron chi connectivity index (χ4n) is 1.79. The number of nitrogens with zero attached hydrogens (tertiary/aromatic N) is 1. The van der Waals surface area contributed by atoms with Crippen LogP contribution in [0.25, 0.3) is 10.1 Å². The molecule has 0 aliphatic carbocycles. The van der Waals surface area contributed by atoms with Crippen molar-refractivity contribution < 1.29 is 5.21 Å². The second kappa shape index (κ2) is 6.26. The van der Waals surface area contributed by atoms with Gasteiger partial charge in [0.05, 0.1) is 0 Å². The van der Waals surface area contributed by atoms with Crippen LogP contribution in [0, 0.1) is 0 Å². The molecule has 0 aliphatic heterocycles. The van der Waals surface area contributed by atoms with E-state index in [1.807, 2.05) is 0 Å². The molecule has 2 rings (SSSR count). The number of nitrogens with two attached hydrogens (primary N) is 1. The molecule has 0 bridgehead atoms. The highest BCUT2D eigenvalue weighted by molar-refractivity contribution is 7.17. The molecule has 0 aliphatic rings. The number of hydrogen-bond acceptors (Lipinski definition) is 4. The van der Waals surface area contributed by atoms with E-state index in [1.165, 1.54) is 10.1 Å². The Labute approximate surface area is 110 Å². The highest BCUT2D eigenvalue weighted by Gasteiger charge is 1.98. The fraction of sp³-hybridized carbons (Fsp3) is 0.308. The van der Waals surface area contributed by atoms with Crippen molar-refractivity contribution in [2.75, 3.05) is 11.9 Å². The molecule has 0 atom stereocenters. The van der Waals surface area contributed by atoms with Crippen molar-refractivity contribution >= 4 is 32.9 Å². The topological polar surface area (TPSA) is 70.6 Å². The molecule has 0 spiro atoms. The fourth-order valence-corrected chi connectivity index (χ4v) is 2.56. The Hall–Kier alpha value is -1.75. The van der Waals surface area contributed by atoms with Crippen LogP contribution in [0.2, 0.25) is 0 Å². The van der Waals surface area contributed by atoms with Gasteiger partial charge in [-0.1, -0.05) is 5.16 Å². The number of unbranched alkanes of at least 4 members (excludes halogenated alkanes) is 1. The van der Waals surface area contributed by atoms with E-state index in [2.05, 4.69) is 40.1 Å². The molecular formula is C13H17N3OS. The minimum absolute atomic E-state index is 0.301. The Bertz CT molecular complexity index is 536. The largest absolute Gasteiger partial charge is 0.409 e. The van der Waals surface area contributed by atoms with E-state index in [-0.39, 0.29) is 0 Å². The van der Waals surface area contributed by atoms with Gasteiger partial charge in [-0.25, -0.2) is 0 Å². The summed E-state index contributed by atoms with van der Waals surface area (Å²) < 4.78 is 1.31. The van der Waals surface area contributed by atoms with E-state index in [1.54, 1.807) is 11.3 Å². The van der Waals surface area contributed by atoms with Crippen LogP contribution in [0.4, 0.5) is 5.69 Å². The number of fused-ring (bicyclic) bond motifs is 1. The minimum Gasteiger partial charge on any atom is -0.409 e. The van der Waals surface area contributed by atoms with Crippen LogP contribution in [-0.4, -0.2) is 17.6 Å². The summed E-state index contributed by atoms with van der Waals surface area (Å²) in [5, 5.41) is 18.1. The molecular weight excluding hydrogens is 246 g/mol. The molecule has 1 heterocycles. The van der Waals surface area contributed by atoms with Crippen LogP contribution in [0.15, 0.2) is 34.8 Å². The third-order valence-electron chi connectivity index (χ3n) is 2.77. The average Bonchev–Trinajstić information content (AvgIpc) is 2.85. The maximum atomic E-state index is 8.40. The number of benzene rings is 1. The second-order valence-corrected chi connectivity index (χ2v) is 5.10. The van der Waals surface area contributed by atoms with E-state index in [0.29, 0.717) is 12.3 Å². The maximum absolute atomic E-state index is 8.40. The summed E-state index contributed by atoms with van der Waals surface area (Å²) in [5.74, 6) is 0.301. The number of amidine groups is 1. The Morgan fingerprint density at radius 1 is 1.33 bits per heavy atom. The van der Waals surface area contributed by atoms with Crippen molar-refractivity contribution in [1.29, 1.82) is 0 Å². The van der Waals surface area contributed by atoms with Crippen molar-refractivity contribution in [3.63, 3.8) is 0 Å². The average molecular weight is 263 g/mol. The molecule has 5 heteroatoms. The van der Waals surface area contributed by atoms with Crippen LogP contribution in [0.5, 0.6) is 0 Å². The predicted octanol–water partition coefficient (Wildman–Crippen LogP) is 3.23. The lowest BCUT2D eigenvalue weighted by Gasteiger charge is -2.06. The lowest BCUT2D eigenvalue weighted by atomic mass is 10.2. The first kappa shape index (κ1) is 12.7. The van der Waals surface area contributed by atoms with Gasteiger partial charge >= 0.3 is 0 Å². The molecule has 0 amide bonds. The molecule has 4 nitrogen and oxygen atoms in total. The van der Waals surface area contributed by atoms with Crippen molar-refractivity contribution in [2.45, 2.75) is 19.3 Å². The van der Waals surface area contributed by atoms with Crippen LogP contribution in [0.1, 0.15) is 19.3 Å². The van der Waals surface area contributed by atoms with Gasteiger partial charge in [0.25, 0.3) is 0 Å². The number of nitrogens with one attached hydrogen (secondary N) is 1. The molecule has 4 N–H and O–H groups in total. The SMILES string of the molecule is NC(CCCCNc1ccc2sccc2c1)=NO. The normalized spacial score (nSPS) is 11.9. The minimum atomic E-state index is 0.301. The van der Waals surface area contributed by atoms with Gasteiger partial charge in [0.15, 0.2) is 0 Å². The summed E-state index contributed by atoms with van der Waals surface area (Å²) in [6.45, 7) is 0.897. The molecule has 18 heavy (non-hydrogen) atoms. The Morgan fingerprint density at radius 3 is 3.06 bits per heavy atom. The van der Waals surface area contributed by atoms with Crippen LogP contribution in [0.3, 0.4) is 0 Å². The van der Waals surface area contributed by atoms with Crippen molar-refractivity contribution in [1.82, 2.24) is 0 Å². The first-order chi connectivity index (χ1) is 8.79. The van der Waals surface area contributed by atoms with Gasteiger partial charge in [-0.15, -0.1) is 11.3 Å². The molecule has 0 saturated heterocycles. The highest BCUT2D eigenvalue weighted by atomic mass is 32.1. The van der Waals surface area contributed by atoms with E-state index in [4.69, 9.17) is 10.9 Å². The van der Waals surface area contributed by atoms with Crippen LogP contribution < -0.4 is 11.1 Å². The summed E-state index contributed by atoms with van der Waals surface area (Å²) in [7, 11) is 0. The molecule has 0 fully saturated rings. The van der Waals surface area contributed by atoms with Crippen LogP contribution >= 0.6 is 11.3 Å². The first-order valence-corrected chi connectivity index (χ1v) is 6.85. The monoisotopic (exact) mass is 263 g/mol. The summed E-state index contributed by atoms with van der Waals surface area (Å²) in [5.41, 5.74) is 6.54.